The van der Waals surface area contributed by atoms with Gasteiger partial charge in [-0.3, -0.25) is 0 Å². The van der Waals surface area contributed by atoms with Gasteiger partial charge in [0.15, 0.2) is 0 Å². The SMILES string of the molecule is CCCNCCCCOc1ccc(OC)cc1Br. The second kappa shape index (κ2) is 9.22. The van der Waals surface area contributed by atoms with Gasteiger partial charge in [0.05, 0.1) is 18.2 Å². The number of rotatable bonds is 9. The molecule has 0 amide bonds. The van der Waals surface area contributed by atoms with Gasteiger partial charge >= 0.3 is 0 Å². The Morgan fingerprint density at radius 3 is 2.72 bits per heavy atom. The molecule has 102 valence electrons. The zero-order valence-corrected chi connectivity index (χ0v) is 12.8. The summed E-state index contributed by atoms with van der Waals surface area (Å²) in [5, 5.41) is 3.38. The Kier molecular flexibility index (Phi) is 7.85. The van der Waals surface area contributed by atoms with E-state index in [0.29, 0.717) is 0 Å². The molecule has 3 nitrogen and oxygen atoms in total. The van der Waals surface area contributed by atoms with Crippen molar-refractivity contribution in [2.45, 2.75) is 26.2 Å². The topological polar surface area (TPSA) is 30.5 Å². The molecule has 1 aromatic rings. The zero-order chi connectivity index (χ0) is 13.2. The lowest BCUT2D eigenvalue weighted by molar-refractivity contribution is 0.303. The summed E-state index contributed by atoms with van der Waals surface area (Å²) in [5.74, 6) is 1.70. The van der Waals surface area contributed by atoms with E-state index in [1.54, 1.807) is 7.11 Å². The van der Waals surface area contributed by atoms with Crippen molar-refractivity contribution in [3.8, 4) is 11.5 Å². The Morgan fingerprint density at radius 2 is 2.06 bits per heavy atom. The Bertz CT molecular complexity index is 345. The predicted molar refractivity (Wildman–Crippen MR) is 78.6 cm³/mol. The summed E-state index contributed by atoms with van der Waals surface area (Å²) in [5.41, 5.74) is 0. The van der Waals surface area contributed by atoms with E-state index in [1.165, 1.54) is 6.42 Å². The van der Waals surface area contributed by atoms with Gasteiger partial charge in [0.2, 0.25) is 0 Å². The third kappa shape index (κ3) is 5.74. The van der Waals surface area contributed by atoms with Crippen molar-refractivity contribution in [2.24, 2.45) is 0 Å². The van der Waals surface area contributed by atoms with Crippen LogP contribution in [0.15, 0.2) is 22.7 Å². The molecule has 0 aliphatic rings. The van der Waals surface area contributed by atoms with Crippen molar-refractivity contribution in [3.63, 3.8) is 0 Å². The van der Waals surface area contributed by atoms with E-state index in [0.717, 1.165) is 48.5 Å². The van der Waals surface area contributed by atoms with Crippen molar-refractivity contribution in [1.29, 1.82) is 0 Å². The van der Waals surface area contributed by atoms with Gasteiger partial charge in [-0.15, -0.1) is 0 Å². The summed E-state index contributed by atoms with van der Waals surface area (Å²) >= 11 is 3.47. The minimum Gasteiger partial charge on any atom is -0.497 e. The highest BCUT2D eigenvalue weighted by molar-refractivity contribution is 9.10. The zero-order valence-electron chi connectivity index (χ0n) is 11.2. The number of nitrogens with one attached hydrogen (secondary N) is 1. The van der Waals surface area contributed by atoms with Crippen LogP contribution in [0.3, 0.4) is 0 Å². The van der Waals surface area contributed by atoms with E-state index >= 15 is 0 Å². The molecule has 1 N–H and O–H groups in total. The Hall–Kier alpha value is -0.740. The van der Waals surface area contributed by atoms with Gasteiger partial charge in [0, 0.05) is 0 Å². The molecule has 1 rings (SSSR count). The normalized spacial score (nSPS) is 10.4. The standard InChI is InChI=1S/C14H22BrNO2/c1-3-8-16-9-4-5-10-18-14-7-6-12(17-2)11-13(14)15/h6-7,11,16H,3-5,8-10H2,1-2H3. The molecule has 0 heterocycles. The van der Waals surface area contributed by atoms with Crippen LogP contribution in [0.1, 0.15) is 26.2 Å². The second-order valence-corrected chi connectivity index (χ2v) is 4.96. The maximum absolute atomic E-state index is 5.71. The maximum atomic E-state index is 5.71. The molecule has 4 heteroatoms. The van der Waals surface area contributed by atoms with Crippen molar-refractivity contribution in [1.82, 2.24) is 5.32 Å². The first-order valence-electron chi connectivity index (χ1n) is 6.45. The van der Waals surface area contributed by atoms with Crippen LogP contribution in [0.4, 0.5) is 0 Å². The molecule has 0 fully saturated rings. The highest BCUT2D eigenvalue weighted by Crippen LogP contribution is 2.29. The molecule has 0 unspecified atom stereocenters. The molecule has 0 aliphatic heterocycles. The number of ether oxygens (including phenoxy) is 2. The van der Waals surface area contributed by atoms with Crippen LogP contribution < -0.4 is 14.8 Å². The van der Waals surface area contributed by atoms with Crippen molar-refractivity contribution < 1.29 is 9.47 Å². The van der Waals surface area contributed by atoms with Gasteiger partial charge in [0.1, 0.15) is 11.5 Å². The maximum Gasteiger partial charge on any atom is 0.133 e. The number of unbranched alkanes of at least 4 members (excludes halogenated alkanes) is 1. The van der Waals surface area contributed by atoms with Crippen LogP contribution in [0.25, 0.3) is 0 Å². The van der Waals surface area contributed by atoms with Gasteiger partial charge in [-0.25, -0.2) is 0 Å². The third-order valence-corrected chi connectivity index (χ3v) is 3.19. The minimum absolute atomic E-state index is 0.749. The fourth-order valence-electron chi connectivity index (χ4n) is 1.56. The average molecular weight is 316 g/mol. The van der Waals surface area contributed by atoms with E-state index < -0.39 is 0 Å². The first kappa shape index (κ1) is 15.3. The number of halogens is 1. The lowest BCUT2D eigenvalue weighted by Crippen LogP contribution is -2.16. The fourth-order valence-corrected chi connectivity index (χ4v) is 2.03. The van der Waals surface area contributed by atoms with Crippen molar-refractivity contribution in [2.75, 3.05) is 26.8 Å². The van der Waals surface area contributed by atoms with Crippen LogP contribution in [0.2, 0.25) is 0 Å². The summed E-state index contributed by atoms with van der Waals surface area (Å²) in [7, 11) is 1.66. The second-order valence-electron chi connectivity index (χ2n) is 4.10. The molecule has 0 bridgehead atoms. The van der Waals surface area contributed by atoms with Crippen LogP contribution in [-0.2, 0) is 0 Å². The molecule has 0 saturated carbocycles. The Morgan fingerprint density at radius 1 is 1.22 bits per heavy atom. The molecule has 0 radical (unpaired) electrons. The molecule has 0 saturated heterocycles. The highest BCUT2D eigenvalue weighted by Gasteiger charge is 2.02. The number of hydrogen-bond donors (Lipinski definition) is 1. The highest BCUT2D eigenvalue weighted by atomic mass is 79.9. The van der Waals surface area contributed by atoms with E-state index in [9.17, 15) is 0 Å². The molecular formula is C14H22BrNO2. The molecule has 0 aromatic heterocycles. The summed E-state index contributed by atoms with van der Waals surface area (Å²) < 4.78 is 11.8. The summed E-state index contributed by atoms with van der Waals surface area (Å²) in [6.07, 6.45) is 3.40. The van der Waals surface area contributed by atoms with Crippen molar-refractivity contribution >= 4 is 15.9 Å². The van der Waals surface area contributed by atoms with Crippen LogP contribution in [0.5, 0.6) is 11.5 Å². The minimum atomic E-state index is 0.749. The van der Waals surface area contributed by atoms with Crippen molar-refractivity contribution in [3.05, 3.63) is 22.7 Å². The first-order valence-corrected chi connectivity index (χ1v) is 7.24. The van der Waals surface area contributed by atoms with Gasteiger partial charge in [0.25, 0.3) is 0 Å². The molecule has 0 spiro atoms. The van der Waals surface area contributed by atoms with Gasteiger partial charge in [-0.1, -0.05) is 6.92 Å². The number of hydrogen-bond acceptors (Lipinski definition) is 3. The lowest BCUT2D eigenvalue weighted by atomic mass is 10.3. The smallest absolute Gasteiger partial charge is 0.133 e. The van der Waals surface area contributed by atoms with E-state index in [-0.39, 0.29) is 0 Å². The molecule has 1 aromatic carbocycles. The fraction of sp³-hybridized carbons (Fsp3) is 0.571. The molecule has 18 heavy (non-hydrogen) atoms. The Labute approximate surface area is 118 Å². The molecular weight excluding hydrogens is 294 g/mol. The predicted octanol–water partition coefficient (Wildman–Crippen LogP) is 3.62. The first-order chi connectivity index (χ1) is 8.77. The lowest BCUT2D eigenvalue weighted by Gasteiger charge is -2.09. The largest absolute Gasteiger partial charge is 0.497 e. The van der Waals surface area contributed by atoms with Crippen LogP contribution >= 0.6 is 15.9 Å². The van der Waals surface area contributed by atoms with E-state index in [2.05, 4.69) is 28.2 Å². The molecule has 0 aliphatic carbocycles. The van der Waals surface area contributed by atoms with Gasteiger partial charge in [-0.05, 0) is 66.5 Å². The monoisotopic (exact) mass is 315 g/mol. The van der Waals surface area contributed by atoms with E-state index in [1.807, 2.05) is 18.2 Å². The third-order valence-electron chi connectivity index (χ3n) is 2.57. The van der Waals surface area contributed by atoms with E-state index in [4.69, 9.17) is 9.47 Å². The quantitative estimate of drug-likeness (QED) is 0.706. The number of methoxy groups -OCH3 is 1. The van der Waals surface area contributed by atoms with Crippen LogP contribution in [-0.4, -0.2) is 26.8 Å². The van der Waals surface area contributed by atoms with Crippen LogP contribution in [0, 0.1) is 0 Å². The van der Waals surface area contributed by atoms with Gasteiger partial charge < -0.3 is 14.8 Å². The average Bonchev–Trinajstić information content (AvgIpc) is 2.39. The Balaban J connectivity index is 2.19. The molecule has 0 atom stereocenters. The summed E-state index contributed by atoms with van der Waals surface area (Å²) in [6, 6.07) is 5.75. The number of benzene rings is 1. The summed E-state index contributed by atoms with van der Waals surface area (Å²) in [6.45, 7) is 5.10. The van der Waals surface area contributed by atoms with Gasteiger partial charge in [-0.2, -0.15) is 0 Å². The summed E-state index contributed by atoms with van der Waals surface area (Å²) in [4.78, 5) is 0.